The normalized spacial score (nSPS) is 11.7. The summed E-state index contributed by atoms with van der Waals surface area (Å²) in [5.41, 5.74) is 1.31. The van der Waals surface area contributed by atoms with Crippen molar-refractivity contribution in [1.29, 1.82) is 0 Å². The van der Waals surface area contributed by atoms with Crippen LogP contribution in [0, 0.1) is 12.7 Å². The van der Waals surface area contributed by atoms with Crippen molar-refractivity contribution in [3.8, 4) is 28.0 Å². The Hall–Kier alpha value is -3.32. The fourth-order valence-corrected chi connectivity index (χ4v) is 3.90. The maximum atomic E-state index is 14.3. The van der Waals surface area contributed by atoms with Gasteiger partial charge in [0.1, 0.15) is 11.6 Å². The van der Waals surface area contributed by atoms with Crippen LogP contribution in [0.5, 0.6) is 5.75 Å². The Balaban J connectivity index is 1.77. The first-order valence-electron chi connectivity index (χ1n) is 9.48. The van der Waals surface area contributed by atoms with Crippen LogP contribution in [0.1, 0.15) is 11.3 Å². The highest BCUT2D eigenvalue weighted by molar-refractivity contribution is 6.32. The van der Waals surface area contributed by atoms with Crippen molar-refractivity contribution in [2.24, 2.45) is 0 Å². The second-order valence-corrected chi connectivity index (χ2v) is 7.66. The topological polar surface area (TPSA) is 42.1 Å². The molecule has 0 saturated heterocycles. The van der Waals surface area contributed by atoms with Crippen LogP contribution in [-0.4, -0.2) is 12.1 Å². The molecule has 0 aliphatic carbocycles. The van der Waals surface area contributed by atoms with Crippen LogP contribution < -0.4 is 10.2 Å². The number of alkyl halides is 3. The van der Waals surface area contributed by atoms with Gasteiger partial charge >= 0.3 is 6.18 Å². The van der Waals surface area contributed by atoms with Crippen LogP contribution >= 0.6 is 11.6 Å². The molecule has 1 N–H and O–H groups in total. The molecule has 164 valence electrons. The summed E-state index contributed by atoms with van der Waals surface area (Å²) in [7, 11) is 1.48. The van der Waals surface area contributed by atoms with Crippen molar-refractivity contribution in [3.05, 3.63) is 86.9 Å². The minimum atomic E-state index is -4.62. The van der Waals surface area contributed by atoms with Gasteiger partial charge in [-0.15, -0.1) is 0 Å². The number of pyridine rings is 1. The Morgan fingerprint density at radius 1 is 0.969 bits per heavy atom. The zero-order valence-electron chi connectivity index (χ0n) is 16.9. The van der Waals surface area contributed by atoms with E-state index in [1.807, 2.05) is 0 Å². The Kier molecular flexibility index (Phi) is 5.46. The van der Waals surface area contributed by atoms with E-state index in [9.17, 15) is 22.4 Å². The van der Waals surface area contributed by atoms with Crippen LogP contribution in [0.4, 0.5) is 17.6 Å². The first-order chi connectivity index (χ1) is 15.1. The van der Waals surface area contributed by atoms with Crippen LogP contribution in [0.15, 0.2) is 59.4 Å². The van der Waals surface area contributed by atoms with Crippen LogP contribution in [-0.2, 0) is 6.18 Å². The number of ether oxygens (including phenoxy) is 1. The number of hydrogen-bond donors (Lipinski definition) is 1. The predicted octanol–water partition coefficient (Wildman–Crippen LogP) is 6.99. The number of fused-ring (bicyclic) bond motifs is 1. The van der Waals surface area contributed by atoms with Gasteiger partial charge in [0.15, 0.2) is 5.43 Å². The molecular weight excluding hydrogens is 446 g/mol. The molecule has 0 fully saturated rings. The lowest BCUT2D eigenvalue weighted by Gasteiger charge is -2.12. The molecule has 0 saturated carbocycles. The SMILES string of the molecule is COc1cc2[nH]c(C)c(-c3ccc(-c4ccc(C(F)(F)F)cc4F)cc3)c(=O)c2cc1Cl. The van der Waals surface area contributed by atoms with E-state index in [-0.39, 0.29) is 11.0 Å². The van der Waals surface area contributed by atoms with Crippen molar-refractivity contribution in [3.63, 3.8) is 0 Å². The average molecular weight is 462 g/mol. The van der Waals surface area contributed by atoms with Gasteiger partial charge in [-0.2, -0.15) is 13.2 Å². The minimum absolute atomic E-state index is 0.0348. The number of rotatable bonds is 3. The number of aryl methyl sites for hydroxylation is 1. The smallest absolute Gasteiger partial charge is 0.416 e. The summed E-state index contributed by atoms with van der Waals surface area (Å²) in [6.07, 6.45) is -4.62. The monoisotopic (exact) mass is 461 g/mol. The van der Waals surface area contributed by atoms with Crippen molar-refractivity contribution in [1.82, 2.24) is 4.98 Å². The predicted molar refractivity (Wildman–Crippen MR) is 117 cm³/mol. The molecule has 0 radical (unpaired) electrons. The molecule has 3 aromatic carbocycles. The molecule has 0 unspecified atom stereocenters. The molecule has 0 amide bonds. The Morgan fingerprint density at radius 2 is 1.62 bits per heavy atom. The fraction of sp³-hybridized carbons (Fsp3) is 0.125. The van der Waals surface area contributed by atoms with Gasteiger partial charge < -0.3 is 9.72 Å². The lowest BCUT2D eigenvalue weighted by atomic mass is 9.97. The summed E-state index contributed by atoms with van der Waals surface area (Å²) in [6.45, 7) is 1.75. The fourth-order valence-electron chi connectivity index (χ4n) is 3.66. The average Bonchev–Trinajstić information content (AvgIpc) is 2.74. The van der Waals surface area contributed by atoms with Gasteiger partial charge in [0.25, 0.3) is 0 Å². The quantitative estimate of drug-likeness (QED) is 0.334. The first kappa shape index (κ1) is 21.9. The molecule has 0 aliphatic rings. The largest absolute Gasteiger partial charge is 0.495 e. The molecule has 0 atom stereocenters. The number of aromatic amines is 1. The minimum Gasteiger partial charge on any atom is -0.495 e. The van der Waals surface area contributed by atoms with E-state index in [2.05, 4.69) is 4.98 Å². The summed E-state index contributed by atoms with van der Waals surface area (Å²) >= 11 is 6.17. The third-order valence-corrected chi connectivity index (χ3v) is 5.54. The Labute approximate surface area is 185 Å². The third kappa shape index (κ3) is 3.84. The number of H-pyrrole nitrogens is 1. The van der Waals surface area contributed by atoms with E-state index in [0.29, 0.717) is 50.1 Å². The number of benzene rings is 3. The van der Waals surface area contributed by atoms with Crippen molar-refractivity contribution in [2.45, 2.75) is 13.1 Å². The van der Waals surface area contributed by atoms with Gasteiger partial charge in [-0.05, 0) is 36.2 Å². The van der Waals surface area contributed by atoms with Gasteiger partial charge in [0.05, 0.1) is 23.2 Å². The summed E-state index contributed by atoms with van der Waals surface area (Å²) in [4.78, 5) is 16.3. The highest BCUT2D eigenvalue weighted by Crippen LogP contribution is 2.34. The van der Waals surface area contributed by atoms with E-state index in [4.69, 9.17) is 16.3 Å². The van der Waals surface area contributed by atoms with E-state index < -0.39 is 17.6 Å². The Morgan fingerprint density at radius 3 is 2.22 bits per heavy atom. The zero-order valence-corrected chi connectivity index (χ0v) is 17.7. The van der Waals surface area contributed by atoms with Gasteiger partial charge in [0.2, 0.25) is 0 Å². The number of hydrogen-bond acceptors (Lipinski definition) is 2. The van der Waals surface area contributed by atoms with E-state index >= 15 is 0 Å². The summed E-state index contributed by atoms with van der Waals surface area (Å²) < 4.78 is 57.9. The van der Waals surface area contributed by atoms with Crippen LogP contribution in [0.25, 0.3) is 33.2 Å². The van der Waals surface area contributed by atoms with Crippen molar-refractivity contribution in [2.75, 3.05) is 7.11 Å². The summed E-state index contributed by atoms with van der Waals surface area (Å²) in [6, 6.07) is 12.0. The second-order valence-electron chi connectivity index (χ2n) is 7.26. The molecule has 32 heavy (non-hydrogen) atoms. The standard InChI is InChI=1S/C24H16ClF4NO2/c1-12-22(23(31)17-10-18(25)21(32-2)11-20(17)30-12)14-5-3-13(4-6-14)16-8-7-15(9-19(16)26)24(27,28)29/h3-11H,1-2H3,(H,30,31). The molecule has 8 heteroatoms. The maximum Gasteiger partial charge on any atom is 0.416 e. The highest BCUT2D eigenvalue weighted by Gasteiger charge is 2.31. The van der Waals surface area contributed by atoms with Gasteiger partial charge in [-0.1, -0.05) is 41.9 Å². The van der Waals surface area contributed by atoms with Gasteiger partial charge in [-0.25, -0.2) is 4.39 Å². The van der Waals surface area contributed by atoms with E-state index in [0.717, 1.165) is 12.1 Å². The summed E-state index contributed by atoms with van der Waals surface area (Å²) in [5.74, 6) is -0.541. The van der Waals surface area contributed by atoms with Crippen molar-refractivity contribution >= 4 is 22.5 Å². The first-order valence-corrected chi connectivity index (χ1v) is 9.85. The molecule has 4 rings (SSSR count). The number of aromatic nitrogens is 1. The Bertz CT molecular complexity index is 1390. The van der Waals surface area contributed by atoms with Crippen molar-refractivity contribution < 1.29 is 22.3 Å². The maximum absolute atomic E-state index is 14.3. The lowest BCUT2D eigenvalue weighted by Crippen LogP contribution is -2.10. The molecular formula is C24H16ClF4NO2. The second kappa shape index (κ2) is 7.98. The molecule has 0 aliphatic heterocycles. The molecule has 3 nitrogen and oxygen atoms in total. The number of nitrogens with one attached hydrogen (secondary N) is 1. The van der Waals surface area contributed by atoms with E-state index in [1.54, 1.807) is 37.3 Å². The van der Waals surface area contributed by atoms with Crippen LogP contribution in [0.2, 0.25) is 5.02 Å². The number of halogens is 5. The molecule has 0 spiro atoms. The molecule has 0 bridgehead atoms. The molecule has 4 aromatic rings. The molecule has 1 aromatic heterocycles. The van der Waals surface area contributed by atoms with Gasteiger partial charge in [0, 0.05) is 28.3 Å². The molecule has 1 heterocycles. The van der Waals surface area contributed by atoms with Crippen LogP contribution in [0.3, 0.4) is 0 Å². The highest BCUT2D eigenvalue weighted by atomic mass is 35.5. The number of methoxy groups -OCH3 is 1. The van der Waals surface area contributed by atoms with Gasteiger partial charge in [-0.3, -0.25) is 4.79 Å². The lowest BCUT2D eigenvalue weighted by molar-refractivity contribution is -0.137. The zero-order chi connectivity index (χ0) is 23.2. The summed E-state index contributed by atoms with van der Waals surface area (Å²) in [5, 5.41) is 0.683. The third-order valence-electron chi connectivity index (χ3n) is 5.24. The van der Waals surface area contributed by atoms with E-state index in [1.165, 1.54) is 13.2 Å².